The Labute approximate surface area is 222 Å². The van der Waals surface area contributed by atoms with Gasteiger partial charge in [0.15, 0.2) is 0 Å². The van der Waals surface area contributed by atoms with Crippen LogP contribution in [0.1, 0.15) is 44.2 Å². The molecule has 0 aliphatic heterocycles. The van der Waals surface area contributed by atoms with E-state index in [0.717, 1.165) is 28.3 Å². The number of carbonyl (C=O) groups is 2. The van der Waals surface area contributed by atoms with E-state index in [-0.39, 0.29) is 37.7 Å². The Morgan fingerprint density at radius 2 is 1.89 bits per heavy atom. The molecule has 1 atom stereocenters. The van der Waals surface area contributed by atoms with Crippen molar-refractivity contribution in [3.63, 3.8) is 0 Å². The lowest BCUT2D eigenvalue weighted by atomic mass is 10.1. The van der Waals surface area contributed by atoms with Gasteiger partial charge < -0.3 is 10.2 Å². The van der Waals surface area contributed by atoms with Crippen LogP contribution < -0.4 is 9.62 Å². The summed E-state index contributed by atoms with van der Waals surface area (Å²) in [6, 6.07) is 12.0. The van der Waals surface area contributed by atoms with Crippen LogP contribution in [0.3, 0.4) is 0 Å². The minimum atomic E-state index is -3.59. The smallest absolute Gasteiger partial charge is 0.242 e. The Kier molecular flexibility index (Phi) is 11.0. The number of carbonyl (C=O) groups excluding carboxylic acids is 2. The van der Waals surface area contributed by atoms with Crippen molar-refractivity contribution >= 4 is 55.1 Å². The van der Waals surface area contributed by atoms with E-state index in [9.17, 15) is 18.0 Å². The number of anilines is 1. The van der Waals surface area contributed by atoms with Crippen molar-refractivity contribution in [1.29, 1.82) is 0 Å². The third-order valence-electron chi connectivity index (χ3n) is 5.55. The molecule has 0 saturated heterocycles. The summed E-state index contributed by atoms with van der Waals surface area (Å²) in [5.74, 6) is -0.442. The van der Waals surface area contributed by atoms with Gasteiger partial charge in [-0.1, -0.05) is 52.7 Å². The molecule has 10 heteroatoms. The Morgan fingerprint density at radius 1 is 1.17 bits per heavy atom. The van der Waals surface area contributed by atoms with Gasteiger partial charge in [-0.15, -0.1) is 0 Å². The third kappa shape index (κ3) is 8.81. The fraction of sp³-hybridized carbons (Fsp3) is 0.440. The van der Waals surface area contributed by atoms with E-state index in [2.05, 4.69) is 21.2 Å². The molecule has 2 amide bonds. The van der Waals surface area contributed by atoms with Gasteiger partial charge in [0.2, 0.25) is 21.8 Å². The van der Waals surface area contributed by atoms with Crippen LogP contribution in [0.2, 0.25) is 5.02 Å². The lowest BCUT2D eigenvalue weighted by molar-refractivity contribution is -0.140. The van der Waals surface area contributed by atoms with Gasteiger partial charge in [-0.25, -0.2) is 8.42 Å². The second-order valence-electron chi connectivity index (χ2n) is 8.49. The van der Waals surface area contributed by atoms with E-state index < -0.39 is 16.1 Å². The van der Waals surface area contributed by atoms with Crippen LogP contribution in [0.4, 0.5) is 5.69 Å². The van der Waals surface area contributed by atoms with Crippen molar-refractivity contribution in [3.05, 3.63) is 63.1 Å². The van der Waals surface area contributed by atoms with Crippen LogP contribution in [-0.4, -0.2) is 50.5 Å². The molecule has 35 heavy (non-hydrogen) atoms. The van der Waals surface area contributed by atoms with Gasteiger partial charge in [0.25, 0.3) is 0 Å². The molecule has 2 aromatic rings. The monoisotopic (exact) mass is 585 g/mol. The van der Waals surface area contributed by atoms with Crippen LogP contribution >= 0.6 is 27.5 Å². The molecule has 0 fully saturated rings. The van der Waals surface area contributed by atoms with E-state index in [1.807, 2.05) is 38.1 Å². The van der Waals surface area contributed by atoms with Gasteiger partial charge in [-0.05, 0) is 62.1 Å². The normalized spacial score (nSPS) is 12.2. The van der Waals surface area contributed by atoms with Gasteiger partial charge in [0.05, 0.1) is 11.9 Å². The van der Waals surface area contributed by atoms with Gasteiger partial charge in [-0.3, -0.25) is 13.9 Å². The fourth-order valence-electron chi connectivity index (χ4n) is 3.64. The Morgan fingerprint density at radius 3 is 2.51 bits per heavy atom. The molecular formula is C25H33BrClN3O4S. The predicted molar refractivity (Wildman–Crippen MR) is 145 cm³/mol. The molecule has 0 heterocycles. The van der Waals surface area contributed by atoms with Gasteiger partial charge in [0.1, 0.15) is 6.04 Å². The van der Waals surface area contributed by atoms with Crippen LogP contribution in [-0.2, 0) is 26.2 Å². The molecular weight excluding hydrogens is 554 g/mol. The van der Waals surface area contributed by atoms with Crippen LogP contribution in [0.25, 0.3) is 0 Å². The second-order valence-corrected chi connectivity index (χ2v) is 11.7. The largest absolute Gasteiger partial charge is 0.354 e. The molecule has 0 aliphatic rings. The number of amides is 2. The van der Waals surface area contributed by atoms with Crippen molar-refractivity contribution in [2.45, 2.75) is 52.6 Å². The summed E-state index contributed by atoms with van der Waals surface area (Å²) in [6.07, 6.45) is 2.30. The minimum Gasteiger partial charge on any atom is -0.354 e. The number of halogens is 2. The van der Waals surface area contributed by atoms with Crippen molar-refractivity contribution < 1.29 is 18.0 Å². The maximum atomic E-state index is 13.3. The third-order valence-corrected chi connectivity index (χ3v) is 7.46. The van der Waals surface area contributed by atoms with Crippen molar-refractivity contribution in [1.82, 2.24) is 10.2 Å². The Hall–Kier alpha value is -2.10. The molecule has 7 nitrogen and oxygen atoms in total. The SMILES string of the molecule is CCCNC(=O)[C@H](C)N(Cc1cccc(Br)c1)C(=O)CCCN(c1cc(Cl)ccc1C)S(C)(=O)=O. The zero-order valence-corrected chi connectivity index (χ0v) is 23.7. The number of hydrogen-bond donors (Lipinski definition) is 1. The zero-order chi connectivity index (χ0) is 26.2. The highest BCUT2D eigenvalue weighted by molar-refractivity contribution is 9.10. The van der Waals surface area contributed by atoms with Crippen LogP contribution in [0.15, 0.2) is 46.9 Å². The summed E-state index contributed by atoms with van der Waals surface area (Å²) in [7, 11) is -3.59. The topological polar surface area (TPSA) is 86.8 Å². The maximum Gasteiger partial charge on any atom is 0.242 e. The number of sulfonamides is 1. The number of hydrogen-bond acceptors (Lipinski definition) is 4. The first-order chi connectivity index (χ1) is 16.4. The lowest BCUT2D eigenvalue weighted by Gasteiger charge is -2.29. The van der Waals surface area contributed by atoms with E-state index in [4.69, 9.17) is 11.6 Å². The molecule has 192 valence electrons. The molecule has 0 saturated carbocycles. The summed E-state index contributed by atoms with van der Waals surface area (Å²) < 4.78 is 27.2. The summed E-state index contributed by atoms with van der Waals surface area (Å²) in [5, 5.41) is 3.28. The highest BCUT2D eigenvalue weighted by Crippen LogP contribution is 2.27. The number of nitrogens with one attached hydrogen (secondary N) is 1. The number of nitrogens with zero attached hydrogens (tertiary/aromatic N) is 2. The first-order valence-electron chi connectivity index (χ1n) is 11.5. The Bertz CT molecular complexity index is 1140. The molecule has 0 radical (unpaired) electrons. The quantitative estimate of drug-likeness (QED) is 0.383. The standard InChI is InChI=1S/C25H33BrClN3O4S/c1-5-13-28-25(32)19(3)29(17-20-8-6-9-21(26)15-20)24(31)10-7-14-30(35(4,33)34)23-16-22(27)12-11-18(23)2/h6,8-9,11-12,15-16,19H,5,7,10,13-14,17H2,1-4H3,(H,28,32)/t19-/m0/s1. The zero-order valence-electron chi connectivity index (χ0n) is 20.6. The average Bonchev–Trinajstić information content (AvgIpc) is 2.79. The molecule has 2 aromatic carbocycles. The molecule has 1 N–H and O–H groups in total. The van der Waals surface area contributed by atoms with Crippen molar-refractivity contribution in [2.24, 2.45) is 0 Å². The van der Waals surface area contributed by atoms with E-state index in [1.165, 1.54) is 4.31 Å². The first-order valence-corrected chi connectivity index (χ1v) is 14.5. The predicted octanol–water partition coefficient (Wildman–Crippen LogP) is 4.90. The molecule has 0 spiro atoms. The van der Waals surface area contributed by atoms with E-state index >= 15 is 0 Å². The van der Waals surface area contributed by atoms with Crippen LogP contribution in [0, 0.1) is 6.92 Å². The van der Waals surface area contributed by atoms with Gasteiger partial charge in [-0.2, -0.15) is 0 Å². The molecule has 2 rings (SSSR count). The van der Waals surface area contributed by atoms with Crippen LogP contribution in [0.5, 0.6) is 0 Å². The highest BCUT2D eigenvalue weighted by atomic mass is 79.9. The average molecular weight is 587 g/mol. The Balaban J connectivity index is 2.19. The summed E-state index contributed by atoms with van der Waals surface area (Å²) >= 11 is 9.55. The van der Waals surface area contributed by atoms with Crippen molar-refractivity contribution in [2.75, 3.05) is 23.7 Å². The summed E-state index contributed by atoms with van der Waals surface area (Å²) in [5.41, 5.74) is 2.14. The molecule has 0 bridgehead atoms. The second kappa shape index (κ2) is 13.3. The van der Waals surface area contributed by atoms with Gasteiger partial charge in [0, 0.05) is 35.6 Å². The lowest BCUT2D eigenvalue weighted by Crippen LogP contribution is -2.47. The summed E-state index contributed by atoms with van der Waals surface area (Å²) in [6.45, 7) is 6.40. The minimum absolute atomic E-state index is 0.0883. The summed E-state index contributed by atoms with van der Waals surface area (Å²) in [4.78, 5) is 27.5. The fourth-order valence-corrected chi connectivity index (χ4v) is 5.27. The molecule has 0 aliphatic carbocycles. The molecule has 0 unspecified atom stereocenters. The van der Waals surface area contributed by atoms with Gasteiger partial charge >= 0.3 is 0 Å². The number of aryl methyl sites for hydroxylation is 1. The van der Waals surface area contributed by atoms with Crippen molar-refractivity contribution in [3.8, 4) is 0 Å². The number of rotatable bonds is 12. The van der Waals surface area contributed by atoms with E-state index in [0.29, 0.717) is 17.3 Å². The van der Waals surface area contributed by atoms with E-state index in [1.54, 1.807) is 30.0 Å². The highest BCUT2D eigenvalue weighted by Gasteiger charge is 2.26. The maximum absolute atomic E-state index is 13.3. The molecule has 0 aromatic heterocycles. The number of benzene rings is 2. The first kappa shape index (κ1) is 29.1.